The molecule has 2 aliphatic heterocycles. The molecular weight excluding hydrogens is 800 g/mol. The highest BCUT2D eigenvalue weighted by atomic mass is 32.1. The average molecular weight is 847 g/mol. The maximum absolute atomic E-state index is 2.69. The molecular formula is C58H47BN2S2. The number of nitrogens with zero attached hydrogens (tertiary/aromatic N) is 2. The van der Waals surface area contributed by atoms with Gasteiger partial charge in [0.05, 0.1) is 10.7 Å². The minimum absolute atomic E-state index is 0.0197. The summed E-state index contributed by atoms with van der Waals surface area (Å²) < 4.78 is 3.93. The fourth-order valence-corrected chi connectivity index (χ4v) is 12.5. The molecule has 0 N–H and O–H groups in total. The fraction of sp³-hybridized carbons (Fsp3) is 0.138. The molecule has 2 nitrogen and oxygen atoms in total. The van der Waals surface area contributed by atoms with Gasteiger partial charge in [0.15, 0.2) is 0 Å². The van der Waals surface area contributed by atoms with Gasteiger partial charge in [-0.2, -0.15) is 0 Å². The molecule has 5 heteroatoms. The standard InChI is InChI=1S/C58H47BN2S2/c1-57(2,3)39-25-28-41(29-26-39)61-49-35-53-46(42-21-13-15-23-51(42)62-53)34-45(49)47-31-38(36-17-9-7-10-18-36)32-50-54(47)59(61)55-43-22-14-16-24-52(43)63-56(55)60(50)48-30-27-40(58(4,5)6)33-44(48)37-19-11-8-12-20-37/h7-35H,1-6H3. The molecule has 2 aromatic heterocycles. The first-order valence-electron chi connectivity index (χ1n) is 22.1. The Bertz CT molecular complexity index is 3420. The van der Waals surface area contributed by atoms with E-state index in [0.29, 0.717) is 0 Å². The van der Waals surface area contributed by atoms with Gasteiger partial charge in [0.25, 0.3) is 0 Å². The van der Waals surface area contributed by atoms with Crippen LogP contribution in [0.3, 0.4) is 0 Å². The normalized spacial score (nSPS) is 13.5. The smallest absolute Gasteiger partial charge is 0.334 e. The van der Waals surface area contributed by atoms with E-state index < -0.39 is 0 Å². The number of thiophene rings is 2. The second-order valence-corrected chi connectivity index (χ2v) is 21.5. The third-order valence-electron chi connectivity index (χ3n) is 13.4. The van der Waals surface area contributed by atoms with Crippen molar-refractivity contribution in [2.75, 3.05) is 9.71 Å². The molecule has 63 heavy (non-hydrogen) atoms. The van der Waals surface area contributed by atoms with Crippen molar-refractivity contribution in [3.8, 4) is 33.4 Å². The van der Waals surface area contributed by atoms with Crippen LogP contribution in [0.2, 0.25) is 0 Å². The lowest BCUT2D eigenvalue weighted by molar-refractivity contribution is 0.590. The Hall–Kier alpha value is -6.40. The summed E-state index contributed by atoms with van der Waals surface area (Å²) in [6, 6.07) is 66.7. The zero-order chi connectivity index (χ0) is 42.8. The fourth-order valence-electron chi connectivity index (χ4n) is 10.1. The maximum atomic E-state index is 2.69. The van der Waals surface area contributed by atoms with Crippen molar-refractivity contribution in [3.63, 3.8) is 0 Å². The summed E-state index contributed by atoms with van der Waals surface area (Å²) in [6.45, 7) is 13.8. The second-order valence-electron chi connectivity index (χ2n) is 19.4. The van der Waals surface area contributed by atoms with Gasteiger partial charge < -0.3 is 9.71 Å². The summed E-state index contributed by atoms with van der Waals surface area (Å²) in [5.74, 6) is 0. The Morgan fingerprint density at radius 2 is 1.02 bits per heavy atom. The molecule has 12 rings (SSSR count). The SMILES string of the molecule is CC(C)(C)c1ccc(N2B3c4c(cc(-c5ccccc5)cc4N(c4ccc(C(C)(C)C)cc4-c4ccccc4)c4sc5ccccc5c43)-c3cc4c(cc32)sc2ccccc24)cc1. The van der Waals surface area contributed by atoms with Gasteiger partial charge in [0.1, 0.15) is 0 Å². The molecule has 0 saturated heterocycles. The Morgan fingerprint density at radius 3 is 1.71 bits per heavy atom. The number of anilines is 5. The molecule has 0 saturated carbocycles. The average Bonchev–Trinajstić information content (AvgIpc) is 3.86. The molecule has 304 valence electrons. The summed E-state index contributed by atoms with van der Waals surface area (Å²) in [5, 5.41) is 5.21. The summed E-state index contributed by atoms with van der Waals surface area (Å²) in [7, 11) is 0. The minimum Gasteiger partial charge on any atom is -0.376 e. The van der Waals surface area contributed by atoms with Gasteiger partial charge >= 0.3 is 6.85 Å². The largest absolute Gasteiger partial charge is 0.376 e. The molecule has 0 radical (unpaired) electrons. The van der Waals surface area contributed by atoms with E-state index in [9.17, 15) is 0 Å². The topological polar surface area (TPSA) is 6.48 Å². The number of fused-ring (bicyclic) bond motifs is 9. The summed E-state index contributed by atoms with van der Waals surface area (Å²) in [6.07, 6.45) is 0. The third-order valence-corrected chi connectivity index (χ3v) is 15.7. The molecule has 0 spiro atoms. The number of hydrogen-bond donors (Lipinski definition) is 0. The van der Waals surface area contributed by atoms with E-state index in [1.54, 1.807) is 0 Å². The van der Waals surface area contributed by atoms with Crippen molar-refractivity contribution in [2.24, 2.45) is 0 Å². The van der Waals surface area contributed by atoms with Crippen LogP contribution in [-0.2, 0) is 10.8 Å². The van der Waals surface area contributed by atoms with Crippen molar-refractivity contribution in [2.45, 2.75) is 52.4 Å². The van der Waals surface area contributed by atoms with Crippen LogP contribution in [0.25, 0.3) is 63.6 Å². The van der Waals surface area contributed by atoms with Crippen LogP contribution < -0.4 is 20.6 Å². The molecule has 0 fully saturated rings. The van der Waals surface area contributed by atoms with Gasteiger partial charge in [-0.3, -0.25) is 0 Å². The summed E-state index contributed by atoms with van der Waals surface area (Å²) in [4.78, 5) is 5.33. The van der Waals surface area contributed by atoms with E-state index in [1.807, 2.05) is 22.7 Å². The Labute approximate surface area is 378 Å². The third kappa shape index (κ3) is 6.04. The molecule has 0 unspecified atom stereocenters. The molecule has 2 aliphatic rings. The van der Waals surface area contributed by atoms with Crippen molar-refractivity contribution >= 4 is 98.5 Å². The highest BCUT2D eigenvalue weighted by Crippen LogP contribution is 2.54. The second kappa shape index (κ2) is 14.1. The zero-order valence-corrected chi connectivity index (χ0v) is 38.2. The molecule has 8 aromatic carbocycles. The quantitative estimate of drug-likeness (QED) is 0.163. The number of benzene rings is 8. The van der Waals surface area contributed by atoms with E-state index in [-0.39, 0.29) is 17.7 Å². The lowest BCUT2D eigenvalue weighted by Crippen LogP contribution is -2.61. The monoisotopic (exact) mass is 846 g/mol. The maximum Gasteiger partial charge on any atom is 0.334 e. The van der Waals surface area contributed by atoms with Gasteiger partial charge in [-0.1, -0.05) is 157 Å². The van der Waals surface area contributed by atoms with Crippen LogP contribution in [0.1, 0.15) is 52.7 Å². The van der Waals surface area contributed by atoms with Crippen LogP contribution in [0.5, 0.6) is 0 Å². The first-order valence-corrected chi connectivity index (χ1v) is 23.7. The summed E-state index contributed by atoms with van der Waals surface area (Å²) in [5.41, 5.74) is 17.7. The number of hydrogen-bond acceptors (Lipinski definition) is 4. The Kier molecular flexibility index (Phi) is 8.54. The number of rotatable bonds is 4. The Morgan fingerprint density at radius 1 is 0.397 bits per heavy atom. The first-order chi connectivity index (χ1) is 30.5. The lowest BCUT2D eigenvalue weighted by Gasteiger charge is -2.45. The van der Waals surface area contributed by atoms with Gasteiger partial charge in [0, 0.05) is 53.1 Å². The highest BCUT2D eigenvalue weighted by Gasteiger charge is 2.47. The van der Waals surface area contributed by atoms with E-state index in [4.69, 9.17) is 0 Å². The van der Waals surface area contributed by atoms with Crippen molar-refractivity contribution < 1.29 is 0 Å². The van der Waals surface area contributed by atoms with Crippen LogP contribution in [-0.4, -0.2) is 6.85 Å². The zero-order valence-electron chi connectivity index (χ0n) is 36.5. The van der Waals surface area contributed by atoms with Gasteiger partial charge in [-0.25, -0.2) is 0 Å². The van der Waals surface area contributed by atoms with E-state index in [2.05, 4.69) is 227 Å². The molecule has 0 atom stereocenters. The first kappa shape index (κ1) is 38.3. The molecule has 10 aromatic rings. The van der Waals surface area contributed by atoms with Crippen LogP contribution >= 0.6 is 22.7 Å². The van der Waals surface area contributed by atoms with Gasteiger partial charge in [0.2, 0.25) is 0 Å². The van der Waals surface area contributed by atoms with Crippen molar-refractivity contribution in [3.05, 3.63) is 187 Å². The molecule has 0 bridgehead atoms. The predicted octanol–water partition coefficient (Wildman–Crippen LogP) is 15.9. The van der Waals surface area contributed by atoms with Crippen LogP contribution in [0.4, 0.5) is 27.8 Å². The van der Waals surface area contributed by atoms with Crippen molar-refractivity contribution in [1.29, 1.82) is 0 Å². The van der Waals surface area contributed by atoms with Crippen LogP contribution in [0.15, 0.2) is 176 Å². The van der Waals surface area contributed by atoms with E-state index in [1.165, 1.54) is 113 Å². The van der Waals surface area contributed by atoms with Crippen molar-refractivity contribution in [1.82, 2.24) is 0 Å². The highest BCUT2D eigenvalue weighted by molar-refractivity contribution is 7.26. The van der Waals surface area contributed by atoms with Gasteiger partial charge in [-0.15, -0.1) is 22.7 Å². The van der Waals surface area contributed by atoms with E-state index >= 15 is 0 Å². The Balaban J connectivity index is 1.24. The molecule has 4 heterocycles. The molecule has 0 amide bonds. The minimum atomic E-state index is -0.0870. The molecule has 0 aliphatic carbocycles. The van der Waals surface area contributed by atoms with Crippen LogP contribution in [0, 0.1) is 0 Å². The predicted molar refractivity (Wildman–Crippen MR) is 277 cm³/mol. The van der Waals surface area contributed by atoms with Gasteiger partial charge in [-0.05, 0) is 121 Å². The lowest BCUT2D eigenvalue weighted by atomic mass is 9.43. The van der Waals surface area contributed by atoms with E-state index in [0.717, 1.165) is 0 Å². The summed E-state index contributed by atoms with van der Waals surface area (Å²) >= 11 is 3.82.